The van der Waals surface area contributed by atoms with Crippen LogP contribution in [0.25, 0.3) is 0 Å². The molecule has 0 saturated heterocycles. The number of benzene rings is 1. The molecule has 0 radical (unpaired) electrons. The Balaban J connectivity index is 2.22. The predicted octanol–water partition coefficient (Wildman–Crippen LogP) is 1.77. The smallest absolute Gasteiger partial charge is 0.339 e. The first kappa shape index (κ1) is 11.1. The molecule has 0 spiro atoms. The third-order valence-electron chi connectivity index (χ3n) is 2.24. The van der Waals surface area contributed by atoms with Gasteiger partial charge in [-0.05, 0) is 0 Å². The molecule has 0 aliphatic carbocycles. The van der Waals surface area contributed by atoms with Crippen LogP contribution in [0.3, 0.4) is 0 Å². The van der Waals surface area contributed by atoms with E-state index in [9.17, 15) is 14.7 Å². The number of carbonyl (C=O) groups excluding carboxylic acids is 1. The Kier molecular flexibility index (Phi) is 3.05. The van der Waals surface area contributed by atoms with Gasteiger partial charge in [0.1, 0.15) is 11.5 Å². The van der Waals surface area contributed by atoms with Crippen LogP contribution in [0.2, 0.25) is 0 Å². The average molecular weight is 230 g/mol. The maximum Gasteiger partial charge on any atom is 0.339 e. The fourth-order valence-corrected chi connectivity index (χ4v) is 1.49. The van der Waals surface area contributed by atoms with Crippen LogP contribution in [0.1, 0.15) is 16.1 Å². The van der Waals surface area contributed by atoms with E-state index in [2.05, 4.69) is 0 Å². The molecule has 17 heavy (non-hydrogen) atoms. The Morgan fingerprint density at radius 3 is 2.53 bits per heavy atom. The van der Waals surface area contributed by atoms with Crippen LogP contribution in [0.5, 0.6) is 5.75 Å². The highest BCUT2D eigenvalue weighted by Gasteiger charge is 2.09. The Bertz CT molecular complexity index is 584. The summed E-state index contributed by atoms with van der Waals surface area (Å²) in [5.74, 6) is -0.208. The number of hydrogen-bond acceptors (Lipinski definition) is 4. The maximum absolute atomic E-state index is 11.8. The lowest BCUT2D eigenvalue weighted by molar-refractivity contribution is 0.0986. The van der Waals surface area contributed by atoms with Gasteiger partial charge in [-0.3, -0.25) is 4.79 Å². The largest absolute Gasteiger partial charge is 0.508 e. The lowest BCUT2D eigenvalue weighted by Crippen LogP contribution is -2.06. The van der Waals surface area contributed by atoms with Gasteiger partial charge in [-0.25, -0.2) is 4.79 Å². The first-order chi connectivity index (χ1) is 8.15. The van der Waals surface area contributed by atoms with Crippen LogP contribution in [-0.4, -0.2) is 10.9 Å². The zero-order valence-electron chi connectivity index (χ0n) is 8.92. The van der Waals surface area contributed by atoms with E-state index in [1.165, 1.54) is 6.07 Å². The Morgan fingerprint density at radius 1 is 1.18 bits per heavy atom. The van der Waals surface area contributed by atoms with Gasteiger partial charge in [0, 0.05) is 11.6 Å². The van der Waals surface area contributed by atoms with E-state index in [0.717, 1.165) is 6.07 Å². The zero-order chi connectivity index (χ0) is 12.3. The lowest BCUT2D eigenvalue weighted by atomic mass is 10.1. The van der Waals surface area contributed by atoms with Gasteiger partial charge in [-0.1, -0.05) is 30.3 Å². The van der Waals surface area contributed by atoms with Crippen molar-refractivity contribution in [2.24, 2.45) is 0 Å². The van der Waals surface area contributed by atoms with E-state index in [1.807, 2.05) is 6.07 Å². The fraction of sp³-hybridized carbons (Fsp3) is 0.0769. The topological polar surface area (TPSA) is 67.5 Å². The fourth-order valence-electron chi connectivity index (χ4n) is 1.49. The minimum absolute atomic E-state index is 0.0480. The third-order valence-corrected chi connectivity index (χ3v) is 2.24. The molecule has 4 heteroatoms. The highest BCUT2D eigenvalue weighted by atomic mass is 16.4. The molecule has 0 aliphatic heterocycles. The van der Waals surface area contributed by atoms with E-state index in [-0.39, 0.29) is 23.7 Å². The van der Waals surface area contributed by atoms with Crippen molar-refractivity contribution < 1.29 is 14.3 Å². The molecule has 86 valence electrons. The molecule has 0 saturated carbocycles. The van der Waals surface area contributed by atoms with Crippen LogP contribution in [0.15, 0.2) is 51.7 Å². The molecule has 1 aromatic heterocycles. The summed E-state index contributed by atoms with van der Waals surface area (Å²) < 4.78 is 4.81. The number of carbonyl (C=O) groups is 1. The summed E-state index contributed by atoms with van der Waals surface area (Å²) in [5.41, 5.74) is -0.126. The number of hydrogen-bond donors (Lipinski definition) is 1. The third kappa shape index (κ3) is 2.81. The highest BCUT2D eigenvalue weighted by molar-refractivity contribution is 5.97. The predicted molar refractivity (Wildman–Crippen MR) is 61.1 cm³/mol. The molecule has 0 atom stereocenters. The van der Waals surface area contributed by atoms with E-state index < -0.39 is 5.63 Å². The van der Waals surface area contributed by atoms with Crippen LogP contribution in [-0.2, 0) is 6.42 Å². The van der Waals surface area contributed by atoms with Crippen molar-refractivity contribution in [1.29, 1.82) is 0 Å². The van der Waals surface area contributed by atoms with Crippen molar-refractivity contribution in [2.45, 2.75) is 6.42 Å². The van der Waals surface area contributed by atoms with Gasteiger partial charge in [0.2, 0.25) is 0 Å². The van der Waals surface area contributed by atoms with Gasteiger partial charge in [0.25, 0.3) is 0 Å². The summed E-state index contributed by atoms with van der Waals surface area (Å²) >= 11 is 0. The lowest BCUT2D eigenvalue weighted by Gasteiger charge is -2.00. The molecular formula is C13H10O4. The molecular weight excluding hydrogens is 220 g/mol. The maximum atomic E-state index is 11.8. The van der Waals surface area contributed by atoms with Crippen molar-refractivity contribution in [2.75, 3.05) is 0 Å². The second kappa shape index (κ2) is 4.65. The second-order valence-electron chi connectivity index (χ2n) is 3.57. The molecule has 1 heterocycles. The van der Waals surface area contributed by atoms with Crippen molar-refractivity contribution in [3.8, 4) is 5.75 Å². The van der Waals surface area contributed by atoms with E-state index in [1.54, 1.807) is 24.3 Å². The minimum atomic E-state index is -0.666. The quantitative estimate of drug-likeness (QED) is 0.816. The second-order valence-corrected chi connectivity index (χ2v) is 3.57. The Labute approximate surface area is 97.1 Å². The Hall–Kier alpha value is -2.36. The van der Waals surface area contributed by atoms with Gasteiger partial charge in [0.05, 0.1) is 12.5 Å². The summed E-state index contributed by atoms with van der Waals surface area (Å²) in [5, 5.41) is 9.21. The summed E-state index contributed by atoms with van der Waals surface area (Å²) in [6.45, 7) is 0. The first-order valence-electron chi connectivity index (χ1n) is 5.06. The average Bonchev–Trinajstić information content (AvgIpc) is 2.28. The molecule has 4 nitrogen and oxygen atoms in total. The van der Waals surface area contributed by atoms with Crippen molar-refractivity contribution >= 4 is 5.78 Å². The van der Waals surface area contributed by atoms with Crippen LogP contribution in [0, 0.1) is 0 Å². The van der Waals surface area contributed by atoms with E-state index >= 15 is 0 Å². The summed E-state index contributed by atoms with van der Waals surface area (Å²) in [6, 6.07) is 10.9. The van der Waals surface area contributed by atoms with E-state index in [4.69, 9.17) is 4.42 Å². The SMILES string of the molecule is O=C(Cc1cc(O)cc(=O)o1)c1ccccc1. The molecule has 0 unspecified atom stereocenters. The van der Waals surface area contributed by atoms with Gasteiger partial charge in [-0.2, -0.15) is 0 Å². The van der Waals surface area contributed by atoms with Crippen LogP contribution in [0.4, 0.5) is 0 Å². The molecule has 2 rings (SSSR count). The van der Waals surface area contributed by atoms with Crippen molar-refractivity contribution in [1.82, 2.24) is 0 Å². The minimum Gasteiger partial charge on any atom is -0.508 e. The molecule has 1 aromatic carbocycles. The molecule has 0 fully saturated rings. The normalized spacial score (nSPS) is 10.1. The van der Waals surface area contributed by atoms with Crippen molar-refractivity contribution in [3.63, 3.8) is 0 Å². The molecule has 0 aliphatic rings. The molecule has 1 N–H and O–H groups in total. The Morgan fingerprint density at radius 2 is 1.88 bits per heavy atom. The van der Waals surface area contributed by atoms with Gasteiger partial charge >= 0.3 is 5.63 Å². The monoisotopic (exact) mass is 230 g/mol. The van der Waals surface area contributed by atoms with Crippen LogP contribution < -0.4 is 5.63 Å². The van der Waals surface area contributed by atoms with Gasteiger partial charge in [0.15, 0.2) is 5.78 Å². The number of rotatable bonds is 3. The van der Waals surface area contributed by atoms with Crippen LogP contribution >= 0.6 is 0 Å². The summed E-state index contributed by atoms with van der Waals surface area (Å²) in [4.78, 5) is 22.8. The van der Waals surface area contributed by atoms with Gasteiger partial charge in [-0.15, -0.1) is 0 Å². The number of Topliss-reactive ketones (excluding diaryl/α,β-unsaturated/α-hetero) is 1. The number of ketones is 1. The summed E-state index contributed by atoms with van der Waals surface area (Å²) in [6.07, 6.45) is -0.0480. The highest BCUT2D eigenvalue weighted by Crippen LogP contribution is 2.11. The van der Waals surface area contributed by atoms with Crippen molar-refractivity contribution in [3.05, 3.63) is 64.2 Å². The zero-order valence-corrected chi connectivity index (χ0v) is 8.92. The number of aromatic hydroxyl groups is 1. The van der Waals surface area contributed by atoms with E-state index in [0.29, 0.717) is 5.56 Å². The molecule has 0 bridgehead atoms. The first-order valence-corrected chi connectivity index (χ1v) is 5.06. The molecule has 2 aromatic rings. The standard InChI is InChI=1S/C13H10O4/c14-10-6-11(17-13(16)7-10)8-12(15)9-4-2-1-3-5-9/h1-7,14H,8H2. The summed E-state index contributed by atoms with van der Waals surface area (Å²) in [7, 11) is 0. The molecule has 0 amide bonds. The van der Waals surface area contributed by atoms with Gasteiger partial charge < -0.3 is 9.52 Å².